The Labute approximate surface area is 211 Å². The fourth-order valence-electron chi connectivity index (χ4n) is 4.73. The number of hydrogen-bond donors (Lipinski definition) is 1. The second-order valence-electron chi connectivity index (χ2n) is 9.00. The van der Waals surface area contributed by atoms with E-state index in [0.717, 1.165) is 61.8 Å². The van der Waals surface area contributed by atoms with Crippen LogP contribution in [-0.2, 0) is 11.2 Å². The van der Waals surface area contributed by atoms with E-state index in [1.807, 2.05) is 29.4 Å². The highest BCUT2D eigenvalue weighted by Crippen LogP contribution is 2.31. The average Bonchev–Trinajstić information content (AvgIpc) is 3.26. The van der Waals surface area contributed by atoms with Crippen molar-refractivity contribution in [1.82, 2.24) is 19.8 Å². The van der Waals surface area contributed by atoms with Crippen LogP contribution in [0.15, 0.2) is 55.4 Å². The lowest BCUT2D eigenvalue weighted by Gasteiger charge is -2.29. The summed E-state index contributed by atoms with van der Waals surface area (Å²) < 4.78 is 2.15. The normalized spacial score (nSPS) is 17.0. The number of hydrogen-bond acceptors (Lipinski definition) is 3. The third-order valence-corrected chi connectivity index (χ3v) is 7.19. The van der Waals surface area contributed by atoms with Crippen molar-refractivity contribution in [3.05, 3.63) is 76.6 Å². The molecule has 2 aromatic carbocycles. The largest absolute Gasteiger partial charge is 0.338 e. The Morgan fingerprint density at radius 1 is 1.29 bits per heavy atom. The van der Waals surface area contributed by atoms with Crippen LogP contribution >= 0.6 is 23.2 Å². The van der Waals surface area contributed by atoms with Gasteiger partial charge in [0.25, 0.3) is 0 Å². The summed E-state index contributed by atoms with van der Waals surface area (Å²) in [6.45, 7) is 8.18. The highest BCUT2D eigenvalue weighted by molar-refractivity contribution is 6.35. The van der Waals surface area contributed by atoms with Crippen LogP contribution in [0.1, 0.15) is 49.8 Å². The van der Waals surface area contributed by atoms with Crippen molar-refractivity contribution >= 4 is 40.1 Å². The standard InChI is InChI=1S/C27H32Cl2N4O/c1-3-14-32(27(34)25-8-4-5-13-30-25)15-6-7-20-9-12-24-26(16-20)33(18-31-24)19(2)22-11-10-21(28)17-23(22)29/h3,9-12,16-19,25,30H,1,4-8,13-15H2,2H3/t19?,25-/m1/s1. The SMILES string of the molecule is C=CCN(CCCc1ccc2ncn(C(C)c3ccc(Cl)cc3Cl)c2c1)C(=O)[C@H]1CCCCN1. The van der Waals surface area contributed by atoms with Gasteiger partial charge in [-0.25, -0.2) is 4.98 Å². The van der Waals surface area contributed by atoms with E-state index in [2.05, 4.69) is 46.6 Å². The van der Waals surface area contributed by atoms with Gasteiger partial charge in [-0.05, 0) is 74.5 Å². The molecule has 4 rings (SSSR count). The molecule has 2 atom stereocenters. The highest BCUT2D eigenvalue weighted by Gasteiger charge is 2.24. The number of imidazole rings is 1. The molecule has 34 heavy (non-hydrogen) atoms. The molecular weight excluding hydrogens is 467 g/mol. The number of piperidine rings is 1. The number of nitrogens with one attached hydrogen (secondary N) is 1. The van der Waals surface area contributed by atoms with E-state index < -0.39 is 0 Å². The lowest BCUT2D eigenvalue weighted by molar-refractivity contribution is -0.133. The molecule has 0 radical (unpaired) electrons. The van der Waals surface area contributed by atoms with Crippen LogP contribution < -0.4 is 5.32 Å². The predicted octanol–water partition coefficient (Wildman–Crippen LogP) is 6.04. The van der Waals surface area contributed by atoms with Gasteiger partial charge in [-0.3, -0.25) is 4.79 Å². The molecule has 0 spiro atoms. The quantitative estimate of drug-likeness (QED) is 0.365. The maximum atomic E-state index is 13.0. The number of amides is 1. The minimum absolute atomic E-state index is 0.0220. The fourth-order valence-corrected chi connectivity index (χ4v) is 5.30. The first kappa shape index (κ1) is 24.8. The second kappa shape index (κ2) is 11.4. The number of benzene rings is 2. The predicted molar refractivity (Wildman–Crippen MR) is 141 cm³/mol. The van der Waals surface area contributed by atoms with Crippen LogP contribution in [0.5, 0.6) is 0 Å². The number of fused-ring (bicyclic) bond motifs is 1. The summed E-state index contributed by atoms with van der Waals surface area (Å²) in [7, 11) is 0. The molecule has 1 aliphatic heterocycles. The van der Waals surface area contributed by atoms with E-state index in [9.17, 15) is 4.79 Å². The van der Waals surface area contributed by atoms with Crippen molar-refractivity contribution in [1.29, 1.82) is 0 Å². The highest BCUT2D eigenvalue weighted by atomic mass is 35.5. The Hall–Kier alpha value is -2.34. The molecule has 1 aromatic heterocycles. The van der Waals surface area contributed by atoms with Gasteiger partial charge in [0.15, 0.2) is 0 Å². The molecule has 0 aliphatic carbocycles. The molecule has 3 aromatic rings. The van der Waals surface area contributed by atoms with Crippen LogP contribution in [0.25, 0.3) is 11.0 Å². The van der Waals surface area contributed by atoms with Gasteiger partial charge in [0.2, 0.25) is 5.91 Å². The molecule has 5 nitrogen and oxygen atoms in total. The molecule has 0 saturated carbocycles. The third kappa shape index (κ3) is 5.65. The van der Waals surface area contributed by atoms with Gasteiger partial charge < -0.3 is 14.8 Å². The number of rotatable bonds is 9. The van der Waals surface area contributed by atoms with E-state index >= 15 is 0 Å². The first-order valence-corrected chi connectivity index (χ1v) is 12.8. The van der Waals surface area contributed by atoms with Gasteiger partial charge in [-0.2, -0.15) is 0 Å². The number of nitrogens with zero attached hydrogens (tertiary/aromatic N) is 3. The van der Waals surface area contributed by atoms with Crippen molar-refractivity contribution in [3.63, 3.8) is 0 Å². The van der Waals surface area contributed by atoms with Crippen LogP contribution in [0.2, 0.25) is 10.0 Å². The zero-order chi connectivity index (χ0) is 24.1. The smallest absolute Gasteiger partial charge is 0.239 e. The molecule has 180 valence electrons. The van der Waals surface area contributed by atoms with Crippen LogP contribution in [0.4, 0.5) is 0 Å². The molecule has 1 saturated heterocycles. The third-order valence-electron chi connectivity index (χ3n) is 6.63. The fraction of sp³-hybridized carbons (Fsp3) is 0.407. The van der Waals surface area contributed by atoms with E-state index in [4.69, 9.17) is 23.2 Å². The van der Waals surface area contributed by atoms with Gasteiger partial charge in [-0.15, -0.1) is 6.58 Å². The molecule has 1 N–H and O–H groups in total. The van der Waals surface area contributed by atoms with Crippen LogP contribution in [0.3, 0.4) is 0 Å². The summed E-state index contributed by atoms with van der Waals surface area (Å²) in [6.07, 6.45) is 8.63. The molecule has 7 heteroatoms. The maximum absolute atomic E-state index is 13.0. The number of halogens is 2. The molecule has 1 unspecified atom stereocenters. The number of aromatic nitrogens is 2. The first-order valence-electron chi connectivity index (χ1n) is 12.0. The lowest BCUT2D eigenvalue weighted by atomic mass is 10.0. The minimum Gasteiger partial charge on any atom is -0.338 e. The first-order chi connectivity index (χ1) is 16.5. The monoisotopic (exact) mass is 498 g/mol. The summed E-state index contributed by atoms with van der Waals surface area (Å²) in [4.78, 5) is 19.5. The minimum atomic E-state index is -0.0550. The molecule has 1 aliphatic rings. The zero-order valence-corrected chi connectivity index (χ0v) is 21.2. The molecule has 1 amide bonds. The summed E-state index contributed by atoms with van der Waals surface area (Å²) in [5, 5.41) is 4.65. The van der Waals surface area contributed by atoms with Crippen LogP contribution in [0, 0.1) is 0 Å². The summed E-state index contributed by atoms with van der Waals surface area (Å²) >= 11 is 12.5. The summed E-state index contributed by atoms with van der Waals surface area (Å²) in [5.74, 6) is 0.196. The van der Waals surface area contributed by atoms with Crippen molar-refractivity contribution in [2.45, 2.75) is 51.1 Å². The van der Waals surface area contributed by atoms with Gasteiger partial charge >= 0.3 is 0 Å². The van der Waals surface area contributed by atoms with Crippen molar-refractivity contribution in [3.8, 4) is 0 Å². The molecule has 1 fully saturated rings. The Balaban J connectivity index is 1.45. The van der Waals surface area contributed by atoms with E-state index in [1.54, 1.807) is 6.07 Å². The van der Waals surface area contributed by atoms with E-state index in [0.29, 0.717) is 16.6 Å². The van der Waals surface area contributed by atoms with E-state index in [1.165, 1.54) is 5.56 Å². The summed E-state index contributed by atoms with van der Waals surface area (Å²) in [5.41, 5.74) is 4.25. The Morgan fingerprint density at radius 3 is 2.88 bits per heavy atom. The Kier molecular flexibility index (Phi) is 8.30. The topological polar surface area (TPSA) is 50.2 Å². The van der Waals surface area contributed by atoms with Crippen LogP contribution in [-0.4, -0.2) is 46.0 Å². The average molecular weight is 499 g/mol. The van der Waals surface area contributed by atoms with Gasteiger partial charge in [-0.1, -0.05) is 47.8 Å². The van der Waals surface area contributed by atoms with Gasteiger partial charge in [0.1, 0.15) is 0 Å². The zero-order valence-electron chi connectivity index (χ0n) is 19.6. The van der Waals surface area contributed by atoms with E-state index in [-0.39, 0.29) is 18.0 Å². The lowest BCUT2D eigenvalue weighted by Crippen LogP contribution is -2.48. The second-order valence-corrected chi connectivity index (χ2v) is 9.84. The maximum Gasteiger partial charge on any atom is 0.239 e. The number of carbonyl (C=O) groups is 1. The number of aryl methyl sites for hydroxylation is 1. The Morgan fingerprint density at radius 2 is 2.15 bits per heavy atom. The number of carbonyl (C=O) groups excluding carboxylic acids is 1. The summed E-state index contributed by atoms with van der Waals surface area (Å²) in [6, 6.07) is 12.0. The van der Waals surface area contributed by atoms with Crippen molar-refractivity contribution in [2.24, 2.45) is 0 Å². The van der Waals surface area contributed by atoms with Crippen molar-refractivity contribution < 1.29 is 4.79 Å². The van der Waals surface area contributed by atoms with Crippen molar-refractivity contribution in [2.75, 3.05) is 19.6 Å². The van der Waals surface area contributed by atoms with Gasteiger partial charge in [0, 0.05) is 23.1 Å². The molecule has 2 heterocycles. The molecule has 0 bridgehead atoms. The molecular formula is C27H32Cl2N4O. The Bertz CT molecular complexity index is 1150. The van der Waals surface area contributed by atoms with Gasteiger partial charge in [0.05, 0.1) is 29.4 Å².